The van der Waals surface area contributed by atoms with Crippen molar-refractivity contribution in [1.29, 1.82) is 0 Å². The van der Waals surface area contributed by atoms with Crippen molar-refractivity contribution in [3.63, 3.8) is 0 Å². The third-order valence-corrected chi connectivity index (χ3v) is 2.53. The summed E-state index contributed by atoms with van der Waals surface area (Å²) in [5.41, 5.74) is 0. The van der Waals surface area contributed by atoms with Crippen LogP contribution in [0.4, 0.5) is 5.82 Å². The summed E-state index contributed by atoms with van der Waals surface area (Å²) in [6.07, 6.45) is 3.69. The molecule has 0 unspecified atom stereocenters. The Kier molecular flexibility index (Phi) is 2.80. The van der Waals surface area contributed by atoms with Gasteiger partial charge >= 0.3 is 5.82 Å². The second kappa shape index (κ2) is 4.26. The number of hydrogen-bond acceptors (Lipinski definition) is 5. The van der Waals surface area contributed by atoms with Crippen molar-refractivity contribution in [3.05, 3.63) is 28.4 Å². The Hall–Kier alpha value is -1.98. The summed E-state index contributed by atoms with van der Waals surface area (Å²) in [5.74, 6) is 0.391. The molecular weight excluding hydrogens is 212 g/mol. The van der Waals surface area contributed by atoms with Gasteiger partial charge in [-0.15, -0.1) is 0 Å². The van der Waals surface area contributed by atoms with Crippen molar-refractivity contribution in [2.24, 2.45) is 5.92 Å². The molecule has 0 N–H and O–H groups in total. The first-order chi connectivity index (χ1) is 7.69. The van der Waals surface area contributed by atoms with Crippen LogP contribution in [-0.4, -0.2) is 22.3 Å². The van der Waals surface area contributed by atoms with Crippen LogP contribution in [0.1, 0.15) is 12.8 Å². The molecule has 0 spiro atoms. The fourth-order valence-corrected chi connectivity index (χ4v) is 1.56. The van der Waals surface area contributed by atoms with E-state index in [1.165, 1.54) is 18.3 Å². The summed E-state index contributed by atoms with van der Waals surface area (Å²) in [4.78, 5) is 23.8. The van der Waals surface area contributed by atoms with Crippen molar-refractivity contribution in [1.82, 2.24) is 4.98 Å². The first-order valence-corrected chi connectivity index (χ1v) is 4.91. The highest BCUT2D eigenvalue weighted by molar-refractivity contribution is 5.55. The Bertz CT molecular complexity index is 398. The number of aromatic nitrogens is 1. The molecule has 1 aromatic rings. The lowest BCUT2D eigenvalue weighted by Gasteiger charge is -2.31. The number of nitro groups is 1. The summed E-state index contributed by atoms with van der Waals surface area (Å²) in [5, 5.41) is 10.3. The third-order valence-electron chi connectivity index (χ3n) is 2.53. The van der Waals surface area contributed by atoms with Gasteiger partial charge in [-0.3, -0.25) is 0 Å². The summed E-state index contributed by atoms with van der Waals surface area (Å²) in [7, 11) is 0. The standard InChI is InChI=1S/C10H10N2O4/c13-6-7-3-9(4-7)16-8-1-2-10(11-5-8)12(14)15/h1-2,5-7,9H,3-4H2. The second-order valence-corrected chi connectivity index (χ2v) is 3.72. The number of nitrogens with zero attached hydrogens (tertiary/aromatic N) is 2. The van der Waals surface area contributed by atoms with Gasteiger partial charge in [0.15, 0.2) is 11.9 Å². The van der Waals surface area contributed by atoms with Crippen molar-refractivity contribution < 1.29 is 14.5 Å². The quantitative estimate of drug-likeness (QED) is 0.436. The van der Waals surface area contributed by atoms with E-state index in [1.807, 2.05) is 0 Å². The van der Waals surface area contributed by atoms with Gasteiger partial charge in [0.25, 0.3) is 0 Å². The fourth-order valence-electron chi connectivity index (χ4n) is 1.56. The van der Waals surface area contributed by atoms with Crippen LogP contribution in [0.5, 0.6) is 5.75 Å². The van der Waals surface area contributed by atoms with Gasteiger partial charge in [-0.25, -0.2) is 0 Å². The minimum Gasteiger partial charge on any atom is -0.486 e. The molecule has 0 atom stereocenters. The van der Waals surface area contributed by atoms with E-state index >= 15 is 0 Å². The highest BCUT2D eigenvalue weighted by Gasteiger charge is 2.30. The van der Waals surface area contributed by atoms with Crippen molar-refractivity contribution in [3.8, 4) is 5.75 Å². The van der Waals surface area contributed by atoms with Crippen LogP contribution >= 0.6 is 0 Å². The van der Waals surface area contributed by atoms with E-state index in [1.54, 1.807) is 0 Å². The van der Waals surface area contributed by atoms with Crippen molar-refractivity contribution in [2.75, 3.05) is 0 Å². The smallest absolute Gasteiger partial charge is 0.363 e. The lowest BCUT2D eigenvalue weighted by molar-refractivity contribution is -0.389. The minimum atomic E-state index is -0.560. The van der Waals surface area contributed by atoms with E-state index < -0.39 is 4.92 Å². The number of hydrogen-bond donors (Lipinski definition) is 0. The van der Waals surface area contributed by atoms with Crippen LogP contribution in [0.25, 0.3) is 0 Å². The SMILES string of the molecule is O=CC1CC(Oc2ccc([N+](=O)[O-])nc2)C1. The van der Waals surface area contributed by atoms with Crippen LogP contribution in [-0.2, 0) is 4.79 Å². The predicted molar refractivity (Wildman–Crippen MR) is 54.1 cm³/mol. The number of ether oxygens (including phenoxy) is 1. The van der Waals surface area contributed by atoms with E-state index in [0.717, 1.165) is 6.29 Å². The Balaban J connectivity index is 1.91. The molecule has 2 rings (SSSR count). The molecule has 84 valence electrons. The topological polar surface area (TPSA) is 82.3 Å². The maximum absolute atomic E-state index is 10.4. The molecule has 1 aromatic heterocycles. The van der Waals surface area contributed by atoms with Crippen LogP contribution in [0.3, 0.4) is 0 Å². The molecule has 1 fully saturated rings. The number of aldehydes is 1. The highest BCUT2D eigenvalue weighted by Crippen LogP contribution is 2.29. The van der Waals surface area contributed by atoms with Crippen molar-refractivity contribution >= 4 is 12.1 Å². The Morgan fingerprint density at radius 3 is 2.75 bits per heavy atom. The zero-order valence-corrected chi connectivity index (χ0v) is 8.41. The van der Waals surface area contributed by atoms with Gasteiger partial charge in [0, 0.05) is 12.0 Å². The number of pyridine rings is 1. The average molecular weight is 222 g/mol. The Morgan fingerprint density at radius 2 is 2.25 bits per heavy atom. The number of rotatable bonds is 4. The third kappa shape index (κ3) is 2.16. The molecular formula is C10H10N2O4. The van der Waals surface area contributed by atoms with Gasteiger partial charge in [-0.1, -0.05) is 0 Å². The van der Waals surface area contributed by atoms with E-state index in [2.05, 4.69) is 4.98 Å². The van der Waals surface area contributed by atoms with E-state index in [9.17, 15) is 14.9 Å². The zero-order valence-electron chi connectivity index (χ0n) is 8.41. The molecule has 0 bridgehead atoms. The Morgan fingerprint density at radius 1 is 1.50 bits per heavy atom. The van der Waals surface area contributed by atoms with Gasteiger partial charge < -0.3 is 19.6 Å². The molecule has 0 aliphatic heterocycles. The molecule has 0 radical (unpaired) electrons. The van der Waals surface area contributed by atoms with Gasteiger partial charge in [0.05, 0.1) is 0 Å². The summed E-state index contributed by atoms with van der Waals surface area (Å²) in [6.45, 7) is 0. The van der Waals surface area contributed by atoms with Crippen LogP contribution in [0.15, 0.2) is 18.3 Å². The fraction of sp³-hybridized carbons (Fsp3) is 0.400. The lowest BCUT2D eigenvalue weighted by Crippen LogP contribution is -2.34. The van der Waals surface area contributed by atoms with E-state index in [4.69, 9.17) is 4.74 Å². The normalized spacial score (nSPS) is 23.2. The minimum absolute atomic E-state index is 0.0263. The van der Waals surface area contributed by atoms with Crippen LogP contribution in [0, 0.1) is 16.0 Å². The monoisotopic (exact) mass is 222 g/mol. The molecule has 16 heavy (non-hydrogen) atoms. The van der Waals surface area contributed by atoms with Crippen LogP contribution < -0.4 is 4.74 Å². The van der Waals surface area contributed by atoms with Gasteiger partial charge in [-0.2, -0.15) is 0 Å². The molecule has 1 aliphatic carbocycles. The molecule has 0 aromatic carbocycles. The molecule has 0 amide bonds. The average Bonchev–Trinajstić information content (AvgIpc) is 2.23. The number of carbonyl (C=O) groups is 1. The number of carbonyl (C=O) groups excluding carboxylic acids is 1. The largest absolute Gasteiger partial charge is 0.486 e. The summed E-state index contributed by atoms with van der Waals surface area (Å²) >= 11 is 0. The molecule has 6 nitrogen and oxygen atoms in total. The van der Waals surface area contributed by atoms with Crippen molar-refractivity contribution in [2.45, 2.75) is 18.9 Å². The molecule has 1 heterocycles. The maximum Gasteiger partial charge on any atom is 0.363 e. The van der Waals surface area contributed by atoms with Gasteiger partial charge in [0.1, 0.15) is 12.4 Å². The lowest BCUT2D eigenvalue weighted by atomic mass is 9.83. The van der Waals surface area contributed by atoms with Gasteiger partial charge in [0.2, 0.25) is 0 Å². The summed E-state index contributed by atoms with van der Waals surface area (Å²) in [6, 6.07) is 2.81. The molecule has 1 saturated carbocycles. The van der Waals surface area contributed by atoms with Gasteiger partial charge in [-0.05, 0) is 28.8 Å². The van der Waals surface area contributed by atoms with E-state index in [0.29, 0.717) is 18.6 Å². The molecule has 6 heteroatoms. The van der Waals surface area contributed by atoms with E-state index in [-0.39, 0.29) is 17.8 Å². The molecule has 0 saturated heterocycles. The Labute approximate surface area is 91.4 Å². The highest BCUT2D eigenvalue weighted by atomic mass is 16.6. The van der Waals surface area contributed by atoms with Crippen LogP contribution in [0.2, 0.25) is 0 Å². The zero-order chi connectivity index (χ0) is 11.5. The summed E-state index contributed by atoms with van der Waals surface area (Å²) < 4.78 is 5.47. The second-order valence-electron chi connectivity index (χ2n) is 3.72. The predicted octanol–water partition coefficient (Wildman–Crippen LogP) is 1.35. The first kappa shape index (κ1) is 10.5. The maximum atomic E-state index is 10.4. The first-order valence-electron chi connectivity index (χ1n) is 4.91. The molecule has 1 aliphatic rings.